The van der Waals surface area contributed by atoms with Crippen molar-refractivity contribution in [2.75, 3.05) is 19.4 Å². The monoisotopic (exact) mass is 468 g/mol. The van der Waals surface area contributed by atoms with Gasteiger partial charge in [0.25, 0.3) is 5.91 Å². The molecule has 4 aromatic rings. The van der Waals surface area contributed by atoms with Crippen molar-refractivity contribution in [3.63, 3.8) is 0 Å². The normalized spacial score (nSPS) is 11.9. The zero-order valence-corrected chi connectivity index (χ0v) is 20.1. The zero-order valence-electron chi connectivity index (χ0n) is 18.5. The lowest BCUT2D eigenvalue weighted by Gasteiger charge is -2.16. The maximum Gasteiger partial charge on any atom is 0.257 e. The molecule has 0 fully saturated rings. The topological polar surface area (TPSA) is 95.2 Å². The molecule has 0 saturated heterocycles. The lowest BCUT2D eigenvalue weighted by molar-refractivity contribution is 0.102. The van der Waals surface area contributed by atoms with Gasteiger partial charge in [-0.25, -0.2) is 17.7 Å². The number of rotatable bonds is 5. The Morgan fingerprint density at radius 2 is 1.84 bits per heavy atom. The van der Waals surface area contributed by atoms with Crippen LogP contribution in [0, 0.1) is 20.8 Å². The lowest BCUT2D eigenvalue weighted by Crippen LogP contribution is -2.24. The van der Waals surface area contributed by atoms with E-state index in [1.807, 2.05) is 36.6 Å². The van der Waals surface area contributed by atoms with Crippen molar-refractivity contribution in [3.05, 3.63) is 64.2 Å². The number of amides is 1. The summed E-state index contributed by atoms with van der Waals surface area (Å²) in [5, 5.41) is 6.24. The molecule has 0 aliphatic heterocycles. The van der Waals surface area contributed by atoms with Crippen LogP contribution in [0.1, 0.15) is 27.2 Å². The number of aromatic nitrogens is 2. The van der Waals surface area contributed by atoms with Gasteiger partial charge >= 0.3 is 0 Å². The SMILES string of the molecule is Cc1cc(C(=O)Nc2nc(-c3c(C)[nH]c4ccccc34)cs2)cc(S(=O)(=O)N(C)C)c1C. The minimum absolute atomic E-state index is 0.127. The summed E-state index contributed by atoms with van der Waals surface area (Å²) in [5.74, 6) is -0.403. The Bertz CT molecular complexity index is 1450. The van der Waals surface area contributed by atoms with E-state index < -0.39 is 15.9 Å². The van der Waals surface area contributed by atoms with Gasteiger partial charge < -0.3 is 4.98 Å². The highest BCUT2D eigenvalue weighted by atomic mass is 32.2. The first-order valence-electron chi connectivity index (χ1n) is 9.98. The molecule has 166 valence electrons. The van der Waals surface area contributed by atoms with E-state index in [2.05, 4.69) is 15.3 Å². The Hall–Kier alpha value is -3.01. The second-order valence-corrected chi connectivity index (χ2v) is 10.8. The maximum absolute atomic E-state index is 12.9. The van der Waals surface area contributed by atoms with Gasteiger partial charge in [0.1, 0.15) is 0 Å². The van der Waals surface area contributed by atoms with Crippen LogP contribution in [0.4, 0.5) is 5.13 Å². The summed E-state index contributed by atoms with van der Waals surface area (Å²) in [7, 11) is -0.727. The third-order valence-corrected chi connectivity index (χ3v) is 8.21. The van der Waals surface area contributed by atoms with Crippen molar-refractivity contribution in [2.45, 2.75) is 25.7 Å². The predicted molar refractivity (Wildman–Crippen MR) is 129 cm³/mol. The van der Waals surface area contributed by atoms with E-state index in [4.69, 9.17) is 0 Å². The summed E-state index contributed by atoms with van der Waals surface area (Å²) >= 11 is 1.33. The average Bonchev–Trinajstić information content (AvgIpc) is 3.32. The largest absolute Gasteiger partial charge is 0.358 e. The number of sulfonamides is 1. The quantitative estimate of drug-likeness (QED) is 0.443. The second kappa shape index (κ2) is 8.16. The summed E-state index contributed by atoms with van der Waals surface area (Å²) in [6.45, 7) is 5.53. The number of nitrogens with zero attached hydrogens (tertiary/aromatic N) is 2. The number of anilines is 1. The standard InChI is InChI=1S/C23H24N4O3S2/c1-13-10-16(11-20(14(13)2)32(29,30)27(4)5)22(28)26-23-25-19(12-31-23)21-15(3)24-18-9-7-6-8-17(18)21/h6-12,24H,1-5H3,(H,25,26,28). The summed E-state index contributed by atoms with van der Waals surface area (Å²) < 4.78 is 26.5. The van der Waals surface area contributed by atoms with Gasteiger partial charge in [0.2, 0.25) is 10.0 Å². The molecule has 0 bridgehead atoms. The number of hydrogen-bond acceptors (Lipinski definition) is 5. The van der Waals surface area contributed by atoms with E-state index in [0.717, 1.165) is 37.7 Å². The van der Waals surface area contributed by atoms with Crippen LogP contribution in [0.2, 0.25) is 0 Å². The van der Waals surface area contributed by atoms with E-state index >= 15 is 0 Å². The first-order valence-corrected chi connectivity index (χ1v) is 12.3. The summed E-state index contributed by atoms with van der Waals surface area (Å²) in [4.78, 5) is 21.0. The molecule has 0 saturated carbocycles. The van der Waals surface area contributed by atoms with Crippen LogP contribution < -0.4 is 5.32 Å². The Labute approximate surface area is 191 Å². The predicted octanol–water partition coefficient (Wildman–Crippen LogP) is 4.72. The van der Waals surface area contributed by atoms with Crippen LogP contribution in [0.15, 0.2) is 46.7 Å². The number of fused-ring (bicyclic) bond motifs is 1. The summed E-state index contributed by atoms with van der Waals surface area (Å²) in [5.41, 5.74) is 5.44. The van der Waals surface area contributed by atoms with E-state index in [0.29, 0.717) is 10.7 Å². The molecule has 4 rings (SSSR count). The van der Waals surface area contributed by atoms with E-state index in [9.17, 15) is 13.2 Å². The molecule has 0 radical (unpaired) electrons. The number of carbonyl (C=O) groups is 1. The molecule has 2 aromatic carbocycles. The highest BCUT2D eigenvalue weighted by Crippen LogP contribution is 2.34. The number of aromatic amines is 1. The molecule has 0 aliphatic carbocycles. The Morgan fingerprint density at radius 1 is 1.12 bits per heavy atom. The van der Waals surface area contributed by atoms with Gasteiger partial charge in [-0.3, -0.25) is 10.1 Å². The maximum atomic E-state index is 12.9. The summed E-state index contributed by atoms with van der Waals surface area (Å²) in [6.07, 6.45) is 0. The molecule has 7 nitrogen and oxygen atoms in total. The highest BCUT2D eigenvalue weighted by Gasteiger charge is 2.23. The van der Waals surface area contributed by atoms with Crippen molar-refractivity contribution in [2.24, 2.45) is 0 Å². The van der Waals surface area contributed by atoms with Crippen LogP contribution in [-0.4, -0.2) is 42.7 Å². The molecule has 2 heterocycles. The van der Waals surface area contributed by atoms with Crippen molar-refractivity contribution in [1.82, 2.24) is 14.3 Å². The Kier molecular flexibility index (Phi) is 5.66. The van der Waals surface area contributed by atoms with Gasteiger partial charge in [0, 0.05) is 47.2 Å². The number of aryl methyl sites for hydroxylation is 2. The summed E-state index contributed by atoms with van der Waals surface area (Å²) in [6, 6.07) is 11.1. The second-order valence-electron chi connectivity index (χ2n) is 7.87. The van der Waals surface area contributed by atoms with Crippen molar-refractivity contribution in [3.8, 4) is 11.3 Å². The number of benzene rings is 2. The van der Waals surface area contributed by atoms with E-state index in [-0.39, 0.29) is 10.5 Å². The van der Waals surface area contributed by atoms with Gasteiger partial charge in [-0.05, 0) is 50.1 Å². The van der Waals surface area contributed by atoms with Crippen molar-refractivity contribution in [1.29, 1.82) is 0 Å². The van der Waals surface area contributed by atoms with Gasteiger partial charge in [-0.15, -0.1) is 11.3 Å². The first-order chi connectivity index (χ1) is 15.1. The third-order valence-electron chi connectivity index (χ3n) is 5.51. The molecule has 2 aromatic heterocycles. The zero-order chi connectivity index (χ0) is 23.2. The highest BCUT2D eigenvalue weighted by molar-refractivity contribution is 7.89. The molecule has 0 spiro atoms. The molecule has 32 heavy (non-hydrogen) atoms. The number of para-hydroxylation sites is 1. The molecule has 9 heteroatoms. The van der Waals surface area contributed by atoms with Crippen LogP contribution in [0.3, 0.4) is 0 Å². The lowest BCUT2D eigenvalue weighted by atomic mass is 10.1. The van der Waals surface area contributed by atoms with Crippen molar-refractivity contribution >= 4 is 43.3 Å². The van der Waals surface area contributed by atoms with Crippen LogP contribution in [0.5, 0.6) is 0 Å². The van der Waals surface area contributed by atoms with E-state index in [1.165, 1.54) is 31.5 Å². The fourth-order valence-electron chi connectivity index (χ4n) is 3.64. The first kappa shape index (κ1) is 22.2. The minimum atomic E-state index is -3.67. The van der Waals surface area contributed by atoms with Crippen LogP contribution in [0.25, 0.3) is 22.2 Å². The Morgan fingerprint density at radius 3 is 2.56 bits per heavy atom. The number of hydrogen-bond donors (Lipinski definition) is 2. The number of carbonyl (C=O) groups excluding carboxylic acids is 1. The Balaban J connectivity index is 1.66. The molecular formula is C23H24N4O3S2. The van der Waals surface area contributed by atoms with Crippen LogP contribution >= 0.6 is 11.3 Å². The molecule has 0 atom stereocenters. The van der Waals surface area contributed by atoms with E-state index in [1.54, 1.807) is 19.9 Å². The minimum Gasteiger partial charge on any atom is -0.358 e. The molecule has 0 unspecified atom stereocenters. The smallest absolute Gasteiger partial charge is 0.257 e. The molecule has 0 aliphatic rings. The molecular weight excluding hydrogens is 444 g/mol. The van der Waals surface area contributed by atoms with Gasteiger partial charge in [0.15, 0.2) is 5.13 Å². The number of H-pyrrole nitrogens is 1. The fourth-order valence-corrected chi connectivity index (χ4v) is 5.56. The number of thiazole rings is 1. The van der Waals surface area contributed by atoms with Gasteiger partial charge in [0.05, 0.1) is 10.6 Å². The molecule has 2 N–H and O–H groups in total. The fraction of sp³-hybridized carbons (Fsp3) is 0.217. The van der Waals surface area contributed by atoms with Crippen molar-refractivity contribution < 1.29 is 13.2 Å². The molecule has 1 amide bonds. The third kappa shape index (κ3) is 3.83. The number of nitrogens with one attached hydrogen (secondary N) is 2. The average molecular weight is 469 g/mol. The van der Waals surface area contributed by atoms with Gasteiger partial charge in [-0.2, -0.15) is 0 Å². The van der Waals surface area contributed by atoms with Crippen LogP contribution in [-0.2, 0) is 10.0 Å². The van der Waals surface area contributed by atoms with Gasteiger partial charge in [-0.1, -0.05) is 18.2 Å².